The molecule has 2 aliphatic heterocycles. The van der Waals surface area contributed by atoms with Gasteiger partial charge in [0.05, 0.1) is 5.41 Å². The number of cyclic esters (lactones) is 1. The van der Waals surface area contributed by atoms with Gasteiger partial charge in [-0.15, -0.1) is 0 Å². The standard InChI is InChI=1S/C10H17NO2/c1-8-7-10(9(12)13-8)3-5-11(2)6-4-10/h8H,3-7H2,1-2H3. The minimum absolute atomic E-state index is 0.0492. The summed E-state index contributed by atoms with van der Waals surface area (Å²) in [7, 11) is 2.11. The lowest BCUT2D eigenvalue weighted by molar-refractivity contribution is -0.150. The van der Waals surface area contributed by atoms with Gasteiger partial charge in [0.15, 0.2) is 0 Å². The highest BCUT2D eigenvalue weighted by molar-refractivity contribution is 5.79. The monoisotopic (exact) mass is 183 g/mol. The largest absolute Gasteiger partial charge is 0.462 e. The van der Waals surface area contributed by atoms with E-state index in [1.165, 1.54) is 0 Å². The van der Waals surface area contributed by atoms with Crippen LogP contribution in [0.1, 0.15) is 26.2 Å². The van der Waals surface area contributed by atoms with Crippen LogP contribution in [-0.2, 0) is 9.53 Å². The van der Waals surface area contributed by atoms with E-state index in [9.17, 15) is 4.79 Å². The van der Waals surface area contributed by atoms with Gasteiger partial charge < -0.3 is 9.64 Å². The third-order valence-electron chi connectivity index (χ3n) is 3.36. The maximum absolute atomic E-state index is 11.6. The normalized spacial score (nSPS) is 33.7. The van der Waals surface area contributed by atoms with E-state index in [0.717, 1.165) is 32.4 Å². The Morgan fingerprint density at radius 2 is 2.08 bits per heavy atom. The number of ether oxygens (including phenoxy) is 1. The summed E-state index contributed by atoms with van der Waals surface area (Å²) in [4.78, 5) is 13.9. The van der Waals surface area contributed by atoms with Crippen LogP contribution in [0.3, 0.4) is 0 Å². The van der Waals surface area contributed by atoms with Crippen LogP contribution >= 0.6 is 0 Å². The number of likely N-dealkylation sites (tertiary alicyclic amines) is 1. The number of nitrogens with zero attached hydrogens (tertiary/aromatic N) is 1. The third kappa shape index (κ3) is 1.46. The van der Waals surface area contributed by atoms with E-state index in [2.05, 4.69) is 11.9 Å². The molecule has 0 radical (unpaired) electrons. The van der Waals surface area contributed by atoms with Crippen LogP contribution in [0.2, 0.25) is 0 Å². The zero-order valence-corrected chi connectivity index (χ0v) is 8.38. The average Bonchev–Trinajstić information content (AvgIpc) is 2.34. The van der Waals surface area contributed by atoms with Crippen molar-refractivity contribution < 1.29 is 9.53 Å². The molecule has 3 nitrogen and oxygen atoms in total. The molecule has 0 aromatic rings. The minimum Gasteiger partial charge on any atom is -0.462 e. The quantitative estimate of drug-likeness (QED) is 0.525. The van der Waals surface area contributed by atoms with Gasteiger partial charge in [0.1, 0.15) is 6.10 Å². The van der Waals surface area contributed by atoms with Gasteiger partial charge in [0, 0.05) is 6.42 Å². The second-order valence-corrected chi connectivity index (χ2v) is 4.50. The molecule has 1 spiro atoms. The van der Waals surface area contributed by atoms with Crippen molar-refractivity contribution in [3.8, 4) is 0 Å². The Morgan fingerprint density at radius 3 is 2.54 bits per heavy atom. The molecule has 2 heterocycles. The van der Waals surface area contributed by atoms with Gasteiger partial charge in [-0.25, -0.2) is 0 Å². The number of carbonyl (C=O) groups excluding carboxylic acids is 1. The molecule has 0 aliphatic carbocycles. The summed E-state index contributed by atoms with van der Waals surface area (Å²) in [6.07, 6.45) is 3.02. The summed E-state index contributed by atoms with van der Waals surface area (Å²) in [6.45, 7) is 4.05. The smallest absolute Gasteiger partial charge is 0.312 e. The van der Waals surface area contributed by atoms with Crippen molar-refractivity contribution in [2.75, 3.05) is 20.1 Å². The van der Waals surface area contributed by atoms with Crippen molar-refractivity contribution in [1.29, 1.82) is 0 Å². The van der Waals surface area contributed by atoms with E-state index in [0.29, 0.717) is 0 Å². The Hall–Kier alpha value is -0.570. The first kappa shape index (κ1) is 9.00. The molecule has 0 saturated carbocycles. The van der Waals surface area contributed by atoms with E-state index in [1.807, 2.05) is 6.92 Å². The van der Waals surface area contributed by atoms with E-state index in [-0.39, 0.29) is 17.5 Å². The second-order valence-electron chi connectivity index (χ2n) is 4.50. The molecule has 3 heteroatoms. The lowest BCUT2D eigenvalue weighted by Crippen LogP contribution is -2.40. The number of hydrogen-bond donors (Lipinski definition) is 0. The number of hydrogen-bond acceptors (Lipinski definition) is 3. The molecule has 0 aromatic carbocycles. The number of carbonyl (C=O) groups is 1. The third-order valence-corrected chi connectivity index (χ3v) is 3.36. The Morgan fingerprint density at radius 1 is 1.46 bits per heavy atom. The molecule has 13 heavy (non-hydrogen) atoms. The predicted molar refractivity (Wildman–Crippen MR) is 49.3 cm³/mol. The van der Waals surface area contributed by atoms with Gasteiger partial charge in [0.2, 0.25) is 0 Å². The fourth-order valence-corrected chi connectivity index (χ4v) is 2.44. The average molecular weight is 183 g/mol. The summed E-state index contributed by atoms with van der Waals surface area (Å²) in [5.41, 5.74) is -0.119. The lowest BCUT2D eigenvalue weighted by Gasteiger charge is -2.34. The summed E-state index contributed by atoms with van der Waals surface area (Å²) >= 11 is 0. The zero-order valence-electron chi connectivity index (χ0n) is 8.38. The molecule has 2 fully saturated rings. The topological polar surface area (TPSA) is 29.5 Å². The number of esters is 1. The molecule has 1 unspecified atom stereocenters. The van der Waals surface area contributed by atoms with Crippen molar-refractivity contribution in [3.63, 3.8) is 0 Å². The highest BCUT2D eigenvalue weighted by Gasteiger charge is 2.48. The summed E-state index contributed by atoms with van der Waals surface area (Å²) < 4.78 is 5.23. The molecule has 74 valence electrons. The fraction of sp³-hybridized carbons (Fsp3) is 0.900. The fourth-order valence-electron chi connectivity index (χ4n) is 2.44. The van der Waals surface area contributed by atoms with Gasteiger partial charge in [-0.05, 0) is 39.9 Å². The maximum Gasteiger partial charge on any atom is 0.312 e. The summed E-state index contributed by atoms with van der Waals surface area (Å²) in [6, 6.07) is 0. The van der Waals surface area contributed by atoms with E-state index in [4.69, 9.17) is 4.74 Å². The molecule has 0 aromatic heterocycles. The summed E-state index contributed by atoms with van der Waals surface area (Å²) in [5, 5.41) is 0. The zero-order chi connectivity index (χ0) is 9.47. The summed E-state index contributed by atoms with van der Waals surface area (Å²) in [5.74, 6) is 0.0492. The molecular formula is C10H17NO2. The van der Waals surface area contributed by atoms with Crippen molar-refractivity contribution in [3.05, 3.63) is 0 Å². The van der Waals surface area contributed by atoms with Crippen molar-refractivity contribution in [2.24, 2.45) is 5.41 Å². The Bertz CT molecular complexity index is 219. The van der Waals surface area contributed by atoms with Crippen LogP contribution in [0.5, 0.6) is 0 Å². The molecule has 0 bridgehead atoms. The minimum atomic E-state index is -0.119. The predicted octanol–water partition coefficient (Wildman–Crippen LogP) is 1.03. The second kappa shape index (κ2) is 2.98. The maximum atomic E-state index is 11.6. The van der Waals surface area contributed by atoms with Gasteiger partial charge in [-0.1, -0.05) is 0 Å². The first-order valence-electron chi connectivity index (χ1n) is 5.02. The van der Waals surface area contributed by atoms with Gasteiger partial charge in [0.25, 0.3) is 0 Å². The Labute approximate surface area is 79.0 Å². The molecule has 2 rings (SSSR count). The van der Waals surface area contributed by atoms with E-state index < -0.39 is 0 Å². The Kier molecular flexibility index (Phi) is 2.06. The van der Waals surface area contributed by atoms with Crippen LogP contribution in [0.15, 0.2) is 0 Å². The SMILES string of the molecule is CC1CC2(CCN(C)CC2)C(=O)O1. The van der Waals surface area contributed by atoms with Gasteiger partial charge >= 0.3 is 5.97 Å². The first-order valence-corrected chi connectivity index (χ1v) is 5.02. The van der Waals surface area contributed by atoms with Crippen LogP contribution in [0, 0.1) is 5.41 Å². The number of rotatable bonds is 0. The molecule has 1 atom stereocenters. The highest BCUT2D eigenvalue weighted by Crippen LogP contribution is 2.42. The highest BCUT2D eigenvalue weighted by atomic mass is 16.6. The van der Waals surface area contributed by atoms with Gasteiger partial charge in [-0.3, -0.25) is 4.79 Å². The molecule has 0 N–H and O–H groups in total. The molecular weight excluding hydrogens is 166 g/mol. The molecule has 2 saturated heterocycles. The number of piperidine rings is 1. The van der Waals surface area contributed by atoms with E-state index >= 15 is 0 Å². The Balaban J connectivity index is 2.09. The van der Waals surface area contributed by atoms with Crippen molar-refractivity contribution >= 4 is 5.97 Å². The van der Waals surface area contributed by atoms with Crippen LogP contribution in [0.4, 0.5) is 0 Å². The van der Waals surface area contributed by atoms with E-state index in [1.54, 1.807) is 0 Å². The van der Waals surface area contributed by atoms with Crippen molar-refractivity contribution in [2.45, 2.75) is 32.3 Å². The van der Waals surface area contributed by atoms with Crippen molar-refractivity contribution in [1.82, 2.24) is 4.90 Å². The van der Waals surface area contributed by atoms with Crippen LogP contribution in [-0.4, -0.2) is 37.1 Å². The first-order chi connectivity index (χ1) is 6.12. The van der Waals surface area contributed by atoms with Crippen LogP contribution in [0.25, 0.3) is 0 Å². The lowest BCUT2D eigenvalue weighted by atomic mass is 9.76. The molecule has 2 aliphatic rings. The van der Waals surface area contributed by atoms with Crippen LogP contribution < -0.4 is 0 Å². The van der Waals surface area contributed by atoms with Gasteiger partial charge in [-0.2, -0.15) is 0 Å². The molecule has 0 amide bonds.